The Morgan fingerprint density at radius 1 is 1.05 bits per heavy atom. The van der Waals surface area contributed by atoms with Crippen LogP contribution in [0.5, 0.6) is 0 Å². The van der Waals surface area contributed by atoms with Gasteiger partial charge in [-0.25, -0.2) is 4.98 Å². The van der Waals surface area contributed by atoms with Gasteiger partial charge in [-0.3, -0.25) is 4.79 Å². The molecule has 1 aromatic heterocycles. The van der Waals surface area contributed by atoms with Gasteiger partial charge in [0, 0.05) is 54.8 Å². The highest BCUT2D eigenvalue weighted by Gasteiger charge is 2.24. The Bertz CT molecular complexity index is 1430. The van der Waals surface area contributed by atoms with Crippen molar-refractivity contribution in [3.05, 3.63) is 106 Å². The topological polar surface area (TPSA) is 57.7 Å². The van der Waals surface area contributed by atoms with Crippen molar-refractivity contribution in [3.8, 4) is 0 Å². The maximum atomic E-state index is 13.0. The third kappa shape index (κ3) is 5.56. The molecule has 1 saturated heterocycles. The monoisotopic (exact) mass is 538 g/mol. The molecule has 0 atom stereocenters. The minimum Gasteiger partial charge on any atom is -0.501 e. The van der Waals surface area contributed by atoms with Gasteiger partial charge in [-0.2, -0.15) is 0 Å². The van der Waals surface area contributed by atoms with Crippen molar-refractivity contribution in [2.45, 2.75) is 32.2 Å². The summed E-state index contributed by atoms with van der Waals surface area (Å²) in [5, 5.41) is 6.46. The van der Waals surface area contributed by atoms with Crippen LogP contribution < -0.4 is 10.2 Å². The number of carbonyl (C=O) groups is 1. The number of piperazine rings is 1. The van der Waals surface area contributed by atoms with Crippen molar-refractivity contribution in [1.82, 2.24) is 15.2 Å². The molecule has 6 nitrogen and oxygen atoms in total. The molecule has 2 heterocycles. The first kappa shape index (κ1) is 25.6. The highest BCUT2D eigenvalue weighted by Crippen LogP contribution is 2.37. The predicted molar refractivity (Wildman–Crippen MR) is 159 cm³/mol. The van der Waals surface area contributed by atoms with Gasteiger partial charge >= 0.3 is 0 Å². The molecule has 200 valence electrons. The number of carbonyl (C=O) groups excluding carboxylic acids is 1. The Balaban J connectivity index is 1.29. The standard InChI is InChI=1S/C32H34N4O2S/c1-38-27-15-13-25(14-16-27)29-22-39-32(34-29)36(30-8-4-6-24-5-2-3-7-28(24)30)21-23-9-11-26(12-10-23)31(37)35-19-17-33-18-20-35/h2-3,5,7-13,15,22,33H,4,6,14,16-21H2,1H3. The Kier molecular flexibility index (Phi) is 7.61. The fraction of sp³-hybridized carbons (Fsp3) is 0.312. The molecule has 1 fully saturated rings. The van der Waals surface area contributed by atoms with Gasteiger partial charge in [-0.05, 0) is 54.2 Å². The normalized spacial score (nSPS) is 17.1. The highest BCUT2D eigenvalue weighted by atomic mass is 32.1. The Morgan fingerprint density at radius 3 is 2.64 bits per heavy atom. The van der Waals surface area contributed by atoms with Gasteiger partial charge in [-0.15, -0.1) is 11.3 Å². The lowest BCUT2D eigenvalue weighted by Gasteiger charge is -2.29. The summed E-state index contributed by atoms with van der Waals surface area (Å²) in [6.45, 7) is 3.90. The van der Waals surface area contributed by atoms with Crippen LogP contribution in [0.1, 0.15) is 52.0 Å². The van der Waals surface area contributed by atoms with Crippen LogP contribution in [0.3, 0.4) is 0 Å². The minimum atomic E-state index is 0.111. The quantitative estimate of drug-likeness (QED) is 0.407. The fourth-order valence-electron chi connectivity index (χ4n) is 5.50. The van der Waals surface area contributed by atoms with Gasteiger partial charge in [-0.1, -0.05) is 48.6 Å². The summed E-state index contributed by atoms with van der Waals surface area (Å²) in [5.41, 5.74) is 8.03. The zero-order chi connectivity index (χ0) is 26.6. The molecular formula is C32H34N4O2S. The fourth-order valence-corrected chi connectivity index (χ4v) is 6.36. The Morgan fingerprint density at radius 2 is 1.87 bits per heavy atom. The number of rotatable bonds is 7. The van der Waals surface area contributed by atoms with Crippen LogP contribution in [0.4, 0.5) is 5.13 Å². The van der Waals surface area contributed by atoms with E-state index in [2.05, 4.69) is 70.2 Å². The molecule has 0 spiro atoms. The van der Waals surface area contributed by atoms with E-state index in [1.54, 1.807) is 18.4 Å². The molecule has 1 N–H and O–H groups in total. The van der Waals surface area contributed by atoms with Crippen LogP contribution in [-0.4, -0.2) is 49.1 Å². The summed E-state index contributed by atoms with van der Waals surface area (Å²) in [7, 11) is 1.73. The molecule has 1 amide bonds. The smallest absolute Gasteiger partial charge is 0.253 e. The van der Waals surface area contributed by atoms with Crippen LogP contribution in [0.25, 0.3) is 11.3 Å². The number of nitrogens with one attached hydrogen (secondary N) is 1. The molecule has 0 saturated carbocycles. The maximum Gasteiger partial charge on any atom is 0.253 e. The van der Waals surface area contributed by atoms with E-state index in [0.717, 1.165) is 79.6 Å². The lowest BCUT2D eigenvalue weighted by Crippen LogP contribution is -2.46. The number of allylic oxidation sites excluding steroid dienone is 5. The van der Waals surface area contributed by atoms with Crippen molar-refractivity contribution in [3.63, 3.8) is 0 Å². The van der Waals surface area contributed by atoms with E-state index in [4.69, 9.17) is 9.72 Å². The Hall–Kier alpha value is -3.68. The number of nitrogens with zero attached hydrogens (tertiary/aromatic N) is 3. The molecule has 3 aliphatic rings. The van der Waals surface area contributed by atoms with Gasteiger partial charge in [0.05, 0.1) is 25.1 Å². The average molecular weight is 539 g/mol. The number of methoxy groups -OCH3 is 1. The average Bonchev–Trinajstić information content (AvgIpc) is 3.50. The lowest BCUT2D eigenvalue weighted by atomic mass is 9.94. The summed E-state index contributed by atoms with van der Waals surface area (Å²) in [6.07, 6.45) is 10.4. The van der Waals surface area contributed by atoms with E-state index in [-0.39, 0.29) is 5.91 Å². The van der Waals surface area contributed by atoms with Gasteiger partial charge in [0.25, 0.3) is 5.91 Å². The number of amides is 1. The number of hydrogen-bond donors (Lipinski definition) is 1. The van der Waals surface area contributed by atoms with Crippen molar-refractivity contribution in [2.75, 3.05) is 38.2 Å². The molecule has 7 heteroatoms. The number of benzene rings is 2. The molecule has 6 rings (SSSR count). The molecule has 3 aromatic rings. The van der Waals surface area contributed by atoms with Crippen LogP contribution in [0.2, 0.25) is 0 Å². The van der Waals surface area contributed by atoms with E-state index in [1.807, 2.05) is 17.0 Å². The number of fused-ring (bicyclic) bond motifs is 1. The van der Waals surface area contributed by atoms with Crippen molar-refractivity contribution in [1.29, 1.82) is 0 Å². The van der Waals surface area contributed by atoms with E-state index in [0.29, 0.717) is 6.54 Å². The van der Waals surface area contributed by atoms with Crippen LogP contribution in [0, 0.1) is 0 Å². The van der Waals surface area contributed by atoms with E-state index < -0.39 is 0 Å². The van der Waals surface area contributed by atoms with Crippen LogP contribution in [-0.2, 0) is 17.7 Å². The molecular weight excluding hydrogens is 504 g/mol. The summed E-state index contributed by atoms with van der Waals surface area (Å²) >= 11 is 1.69. The Labute approximate surface area is 234 Å². The SMILES string of the molecule is COC1=CC=C(c2csc(N(Cc3ccc(C(=O)N4CCNCC4)cc3)C3=CCCc4ccccc43)n2)CC1. The molecule has 0 bridgehead atoms. The summed E-state index contributed by atoms with van der Waals surface area (Å²) in [6, 6.07) is 16.8. The molecule has 39 heavy (non-hydrogen) atoms. The number of hydrogen-bond acceptors (Lipinski definition) is 6. The summed E-state index contributed by atoms with van der Waals surface area (Å²) < 4.78 is 5.41. The zero-order valence-electron chi connectivity index (χ0n) is 22.4. The number of anilines is 1. The first-order chi connectivity index (χ1) is 19.2. The molecule has 0 radical (unpaired) electrons. The second-order valence-corrected chi connectivity index (χ2v) is 11.0. The zero-order valence-corrected chi connectivity index (χ0v) is 23.2. The van der Waals surface area contributed by atoms with Crippen LogP contribution in [0.15, 0.2) is 77.9 Å². The number of aromatic nitrogens is 1. The van der Waals surface area contributed by atoms with Crippen molar-refractivity contribution >= 4 is 33.6 Å². The van der Waals surface area contributed by atoms with Crippen molar-refractivity contribution < 1.29 is 9.53 Å². The first-order valence-electron chi connectivity index (χ1n) is 13.7. The molecule has 1 aliphatic heterocycles. The summed E-state index contributed by atoms with van der Waals surface area (Å²) in [4.78, 5) is 22.4. The largest absolute Gasteiger partial charge is 0.501 e. The number of thiazole rings is 1. The number of ether oxygens (including phenoxy) is 1. The van der Waals surface area contributed by atoms with Gasteiger partial charge in [0.1, 0.15) is 0 Å². The number of aryl methyl sites for hydroxylation is 1. The second-order valence-electron chi connectivity index (χ2n) is 10.2. The van der Waals surface area contributed by atoms with Gasteiger partial charge in [0.2, 0.25) is 0 Å². The third-order valence-electron chi connectivity index (χ3n) is 7.71. The van der Waals surface area contributed by atoms with E-state index in [9.17, 15) is 4.79 Å². The highest BCUT2D eigenvalue weighted by molar-refractivity contribution is 7.14. The summed E-state index contributed by atoms with van der Waals surface area (Å²) in [5.74, 6) is 1.12. The van der Waals surface area contributed by atoms with E-state index in [1.165, 1.54) is 22.4 Å². The first-order valence-corrected chi connectivity index (χ1v) is 14.6. The minimum absolute atomic E-state index is 0.111. The molecule has 2 aliphatic carbocycles. The molecule has 2 aromatic carbocycles. The van der Waals surface area contributed by atoms with Gasteiger partial charge < -0.3 is 19.9 Å². The lowest BCUT2D eigenvalue weighted by molar-refractivity contribution is 0.0736. The van der Waals surface area contributed by atoms with Crippen molar-refractivity contribution in [2.24, 2.45) is 0 Å². The molecule has 0 unspecified atom stereocenters. The second kappa shape index (κ2) is 11.6. The third-order valence-corrected chi connectivity index (χ3v) is 8.57. The predicted octanol–water partition coefficient (Wildman–Crippen LogP) is 5.89. The van der Waals surface area contributed by atoms with E-state index >= 15 is 0 Å². The van der Waals surface area contributed by atoms with Gasteiger partial charge in [0.15, 0.2) is 5.13 Å². The maximum absolute atomic E-state index is 13.0. The van der Waals surface area contributed by atoms with Crippen LogP contribution >= 0.6 is 11.3 Å².